The zero-order valence-electron chi connectivity index (χ0n) is 6.63. The van der Waals surface area contributed by atoms with Crippen molar-refractivity contribution in [2.24, 2.45) is 5.73 Å². The molecule has 1 rings (SSSR count). The smallest absolute Gasteiger partial charge is 0.241 e. The van der Waals surface area contributed by atoms with Crippen molar-refractivity contribution in [3.63, 3.8) is 0 Å². The number of halogens is 2. The first-order valence-electron chi connectivity index (χ1n) is 3.52. The van der Waals surface area contributed by atoms with Crippen molar-refractivity contribution in [3.05, 3.63) is 40.1 Å². The van der Waals surface area contributed by atoms with Crippen molar-refractivity contribution in [3.8, 4) is 0 Å². The number of benzene rings is 1. The van der Waals surface area contributed by atoms with E-state index in [4.69, 9.17) is 5.73 Å². The van der Waals surface area contributed by atoms with Gasteiger partial charge in [0.1, 0.15) is 5.82 Å². The van der Waals surface area contributed by atoms with Crippen LogP contribution in [-0.2, 0) is 4.79 Å². The average molecular weight is 244 g/mol. The minimum absolute atomic E-state index is 0.369. The Morgan fingerprint density at radius 2 is 2.23 bits per heavy atom. The van der Waals surface area contributed by atoms with Crippen LogP contribution in [0.15, 0.2) is 28.7 Å². The Morgan fingerprint density at radius 3 is 2.77 bits per heavy atom. The van der Waals surface area contributed by atoms with Crippen molar-refractivity contribution in [1.82, 2.24) is 0 Å². The van der Waals surface area contributed by atoms with Crippen LogP contribution in [0.2, 0.25) is 0 Å². The standard InChI is InChI=1S/C9H7BrFNO/c10-7-3-1-6(5-8(7)11)2-4-9(12)13/h1-5H,(H2,12,13)/b4-2-. The highest BCUT2D eigenvalue weighted by molar-refractivity contribution is 9.10. The van der Waals surface area contributed by atoms with E-state index in [0.717, 1.165) is 0 Å². The van der Waals surface area contributed by atoms with Crippen LogP contribution >= 0.6 is 15.9 Å². The first-order valence-corrected chi connectivity index (χ1v) is 4.31. The Hall–Kier alpha value is -1.16. The van der Waals surface area contributed by atoms with Gasteiger partial charge in [0.15, 0.2) is 0 Å². The average Bonchev–Trinajstić information content (AvgIpc) is 2.07. The summed E-state index contributed by atoms with van der Waals surface area (Å²) in [6.45, 7) is 0. The van der Waals surface area contributed by atoms with Crippen LogP contribution in [0.1, 0.15) is 5.56 Å². The maximum atomic E-state index is 12.9. The van der Waals surface area contributed by atoms with E-state index in [2.05, 4.69) is 15.9 Å². The fourth-order valence-corrected chi connectivity index (χ4v) is 1.04. The molecule has 13 heavy (non-hydrogen) atoms. The van der Waals surface area contributed by atoms with Gasteiger partial charge in [-0.3, -0.25) is 4.79 Å². The third kappa shape index (κ3) is 2.99. The van der Waals surface area contributed by atoms with Gasteiger partial charge in [-0.2, -0.15) is 0 Å². The Labute approximate surface area is 83.4 Å². The van der Waals surface area contributed by atoms with Crippen LogP contribution in [-0.4, -0.2) is 5.91 Å². The lowest BCUT2D eigenvalue weighted by Gasteiger charge is -1.95. The molecule has 2 nitrogen and oxygen atoms in total. The molecule has 1 amide bonds. The molecule has 0 bridgehead atoms. The highest BCUT2D eigenvalue weighted by Crippen LogP contribution is 2.16. The molecule has 4 heteroatoms. The number of nitrogens with two attached hydrogens (primary N) is 1. The first kappa shape index (κ1) is 9.92. The molecule has 0 aliphatic heterocycles. The molecule has 68 valence electrons. The third-order valence-corrected chi connectivity index (χ3v) is 2.03. The normalized spacial score (nSPS) is 10.6. The van der Waals surface area contributed by atoms with Crippen LogP contribution in [0.5, 0.6) is 0 Å². The number of primary amides is 1. The van der Waals surface area contributed by atoms with Crippen LogP contribution in [0.25, 0.3) is 6.08 Å². The van der Waals surface area contributed by atoms with E-state index in [0.29, 0.717) is 10.0 Å². The number of rotatable bonds is 2. The topological polar surface area (TPSA) is 43.1 Å². The zero-order valence-corrected chi connectivity index (χ0v) is 8.21. The second-order valence-corrected chi connectivity index (χ2v) is 3.26. The van der Waals surface area contributed by atoms with E-state index in [-0.39, 0.29) is 5.82 Å². The van der Waals surface area contributed by atoms with Gasteiger partial charge in [0, 0.05) is 6.08 Å². The van der Waals surface area contributed by atoms with Gasteiger partial charge in [-0.25, -0.2) is 4.39 Å². The Kier molecular flexibility index (Phi) is 3.19. The van der Waals surface area contributed by atoms with E-state index in [1.54, 1.807) is 12.1 Å². The van der Waals surface area contributed by atoms with Gasteiger partial charge in [0.25, 0.3) is 0 Å². The molecule has 0 unspecified atom stereocenters. The lowest BCUT2D eigenvalue weighted by molar-refractivity contribution is -0.113. The summed E-state index contributed by atoms with van der Waals surface area (Å²) >= 11 is 3.02. The van der Waals surface area contributed by atoms with Crippen LogP contribution < -0.4 is 5.73 Å². The zero-order chi connectivity index (χ0) is 9.84. The summed E-state index contributed by atoms with van der Waals surface area (Å²) in [5, 5.41) is 0. The monoisotopic (exact) mass is 243 g/mol. The maximum absolute atomic E-state index is 12.9. The molecule has 0 saturated heterocycles. The maximum Gasteiger partial charge on any atom is 0.241 e. The summed E-state index contributed by atoms with van der Waals surface area (Å²) in [4.78, 5) is 10.4. The molecule has 1 aromatic carbocycles. The first-order chi connectivity index (χ1) is 6.09. The number of hydrogen-bond donors (Lipinski definition) is 1. The summed E-state index contributed by atoms with van der Waals surface area (Å²) in [7, 11) is 0. The van der Waals surface area contributed by atoms with Crippen LogP contribution in [0, 0.1) is 5.82 Å². The van der Waals surface area contributed by atoms with Crippen molar-refractivity contribution < 1.29 is 9.18 Å². The second kappa shape index (κ2) is 4.18. The van der Waals surface area contributed by atoms with E-state index >= 15 is 0 Å². The second-order valence-electron chi connectivity index (χ2n) is 2.41. The number of carbonyl (C=O) groups excluding carboxylic acids is 1. The molecule has 0 atom stereocenters. The Bertz CT molecular complexity index is 363. The SMILES string of the molecule is NC(=O)/C=C\c1ccc(Br)c(F)c1. The van der Waals surface area contributed by atoms with Crippen molar-refractivity contribution in [2.45, 2.75) is 0 Å². The van der Waals surface area contributed by atoms with Crippen LogP contribution in [0.3, 0.4) is 0 Å². The van der Waals surface area contributed by atoms with E-state index in [1.807, 2.05) is 0 Å². The fourth-order valence-electron chi connectivity index (χ4n) is 0.794. The number of amides is 1. The molecule has 0 aromatic heterocycles. The van der Waals surface area contributed by atoms with Crippen molar-refractivity contribution in [1.29, 1.82) is 0 Å². The molecule has 0 spiro atoms. The molecular formula is C9H7BrFNO. The minimum atomic E-state index is -0.552. The quantitative estimate of drug-likeness (QED) is 0.795. The van der Waals surface area contributed by atoms with Gasteiger partial charge < -0.3 is 5.73 Å². The van der Waals surface area contributed by atoms with Gasteiger partial charge >= 0.3 is 0 Å². The van der Waals surface area contributed by atoms with Gasteiger partial charge in [-0.1, -0.05) is 6.07 Å². The van der Waals surface area contributed by atoms with Crippen LogP contribution in [0.4, 0.5) is 4.39 Å². The Morgan fingerprint density at radius 1 is 1.54 bits per heavy atom. The summed E-state index contributed by atoms with van der Waals surface area (Å²) < 4.78 is 13.3. The lowest BCUT2D eigenvalue weighted by Crippen LogP contribution is -2.05. The van der Waals surface area contributed by atoms with Gasteiger partial charge in [0.2, 0.25) is 5.91 Å². The highest BCUT2D eigenvalue weighted by atomic mass is 79.9. The largest absolute Gasteiger partial charge is 0.366 e. The molecule has 0 radical (unpaired) electrons. The molecule has 0 fully saturated rings. The molecular weight excluding hydrogens is 237 g/mol. The molecule has 0 aliphatic rings. The Balaban J connectivity index is 2.92. The predicted molar refractivity (Wildman–Crippen MR) is 52.3 cm³/mol. The molecule has 1 aromatic rings. The molecule has 0 saturated carbocycles. The third-order valence-electron chi connectivity index (χ3n) is 1.38. The van der Waals surface area contributed by atoms with E-state index < -0.39 is 5.91 Å². The molecule has 2 N–H and O–H groups in total. The van der Waals surface area contributed by atoms with Crippen molar-refractivity contribution >= 4 is 27.9 Å². The van der Waals surface area contributed by atoms with Gasteiger partial charge in [0.05, 0.1) is 4.47 Å². The van der Waals surface area contributed by atoms with E-state index in [9.17, 15) is 9.18 Å². The fraction of sp³-hybridized carbons (Fsp3) is 0. The highest BCUT2D eigenvalue weighted by Gasteiger charge is 1.97. The summed E-state index contributed by atoms with van der Waals surface area (Å²) in [6, 6.07) is 4.55. The van der Waals surface area contributed by atoms with Gasteiger partial charge in [-0.05, 0) is 39.7 Å². The van der Waals surface area contributed by atoms with Crippen molar-refractivity contribution in [2.75, 3.05) is 0 Å². The lowest BCUT2D eigenvalue weighted by atomic mass is 10.2. The minimum Gasteiger partial charge on any atom is -0.366 e. The summed E-state index contributed by atoms with van der Waals surface area (Å²) in [5.41, 5.74) is 5.48. The summed E-state index contributed by atoms with van der Waals surface area (Å²) in [6.07, 6.45) is 2.64. The molecule has 0 heterocycles. The van der Waals surface area contributed by atoms with E-state index in [1.165, 1.54) is 18.2 Å². The molecule has 0 aliphatic carbocycles. The number of carbonyl (C=O) groups is 1. The number of hydrogen-bond acceptors (Lipinski definition) is 1. The summed E-state index contributed by atoms with van der Waals surface area (Å²) in [5.74, 6) is -0.921. The van der Waals surface area contributed by atoms with Gasteiger partial charge in [-0.15, -0.1) is 0 Å². The predicted octanol–water partition coefficient (Wildman–Crippen LogP) is 2.09.